The normalized spacial score (nSPS) is 25.9. The third kappa shape index (κ3) is 4.02. The summed E-state index contributed by atoms with van der Waals surface area (Å²) in [6.45, 7) is 12.3. The first kappa shape index (κ1) is 15.0. The number of likely N-dealkylation sites (N-methyl/N-ethyl adjacent to an activating group) is 1. The van der Waals surface area contributed by atoms with Gasteiger partial charge in [-0.05, 0) is 39.6 Å². The molecule has 1 aromatic rings. The lowest BCUT2D eigenvalue weighted by Gasteiger charge is -2.42. The zero-order chi connectivity index (χ0) is 13.8. The molecule has 3 nitrogen and oxygen atoms in total. The van der Waals surface area contributed by atoms with Crippen LogP contribution in [0, 0.1) is 0 Å². The number of nitrogens with zero attached hydrogens (tertiary/aromatic N) is 2. The molecule has 1 aliphatic rings. The smallest absolute Gasteiger partial charge is 0.0329 e. The predicted octanol–water partition coefficient (Wildman–Crippen LogP) is 2.38. The van der Waals surface area contributed by atoms with E-state index in [0.717, 1.165) is 19.6 Å². The molecule has 108 valence electrons. The first-order valence-corrected chi connectivity index (χ1v) is 8.14. The lowest BCUT2D eigenvalue weighted by atomic mass is 10.1. The molecule has 19 heavy (non-hydrogen) atoms. The number of hydrogen-bond acceptors (Lipinski definition) is 4. The molecule has 2 rings (SSSR count). The number of rotatable bonds is 5. The van der Waals surface area contributed by atoms with Crippen molar-refractivity contribution in [3.63, 3.8) is 0 Å². The van der Waals surface area contributed by atoms with Gasteiger partial charge in [0.1, 0.15) is 0 Å². The average Bonchev–Trinajstić information content (AvgIpc) is 2.81. The van der Waals surface area contributed by atoms with Crippen LogP contribution in [0.15, 0.2) is 12.1 Å². The molecule has 1 saturated heterocycles. The van der Waals surface area contributed by atoms with Gasteiger partial charge in [-0.3, -0.25) is 9.80 Å². The monoisotopic (exact) mass is 281 g/mol. The van der Waals surface area contributed by atoms with E-state index in [1.54, 1.807) is 0 Å². The van der Waals surface area contributed by atoms with Crippen molar-refractivity contribution in [2.75, 3.05) is 26.7 Å². The quantitative estimate of drug-likeness (QED) is 0.894. The van der Waals surface area contributed by atoms with Gasteiger partial charge >= 0.3 is 0 Å². The van der Waals surface area contributed by atoms with Gasteiger partial charge in [-0.25, -0.2) is 0 Å². The van der Waals surface area contributed by atoms with E-state index >= 15 is 0 Å². The molecule has 0 amide bonds. The van der Waals surface area contributed by atoms with Crippen LogP contribution in [-0.2, 0) is 13.1 Å². The van der Waals surface area contributed by atoms with Crippen molar-refractivity contribution in [2.24, 2.45) is 0 Å². The standard InChI is InChI=1S/C15H27N3S/c1-5-16-8-14-6-7-15(19-14)11-18-9-12(2)17(4)13(3)10-18/h6-7,12-13,16H,5,8-11H2,1-4H3. The maximum atomic E-state index is 3.39. The second-order valence-corrected chi connectivity index (χ2v) is 6.96. The van der Waals surface area contributed by atoms with Crippen molar-refractivity contribution in [1.29, 1.82) is 0 Å². The third-order valence-electron chi connectivity index (χ3n) is 4.08. The second-order valence-electron chi connectivity index (χ2n) is 5.71. The van der Waals surface area contributed by atoms with E-state index in [9.17, 15) is 0 Å². The Labute approximate surface area is 121 Å². The molecule has 1 aromatic heterocycles. The zero-order valence-corrected chi connectivity index (χ0v) is 13.5. The van der Waals surface area contributed by atoms with Crippen molar-refractivity contribution in [2.45, 2.75) is 45.9 Å². The Hall–Kier alpha value is -0.420. The van der Waals surface area contributed by atoms with Gasteiger partial charge in [-0.1, -0.05) is 6.92 Å². The van der Waals surface area contributed by atoms with E-state index in [2.05, 4.69) is 55.1 Å². The summed E-state index contributed by atoms with van der Waals surface area (Å²) < 4.78 is 0. The Bertz CT molecular complexity index is 378. The van der Waals surface area contributed by atoms with Gasteiger partial charge < -0.3 is 5.32 Å². The predicted molar refractivity (Wildman–Crippen MR) is 83.7 cm³/mol. The fourth-order valence-corrected chi connectivity index (χ4v) is 3.74. The van der Waals surface area contributed by atoms with Gasteiger partial charge in [0.15, 0.2) is 0 Å². The molecule has 2 atom stereocenters. The van der Waals surface area contributed by atoms with Gasteiger partial charge in [0.25, 0.3) is 0 Å². The molecule has 1 fully saturated rings. The molecule has 0 aliphatic carbocycles. The van der Waals surface area contributed by atoms with Gasteiger partial charge in [0.05, 0.1) is 0 Å². The zero-order valence-electron chi connectivity index (χ0n) is 12.6. The first-order chi connectivity index (χ1) is 9.10. The highest BCUT2D eigenvalue weighted by Gasteiger charge is 2.26. The van der Waals surface area contributed by atoms with E-state index in [0.29, 0.717) is 12.1 Å². The maximum absolute atomic E-state index is 3.39. The maximum Gasteiger partial charge on any atom is 0.0329 e. The Morgan fingerprint density at radius 1 is 1.21 bits per heavy atom. The fraction of sp³-hybridized carbons (Fsp3) is 0.733. The Balaban J connectivity index is 1.88. The molecule has 2 heterocycles. The minimum atomic E-state index is 0.657. The van der Waals surface area contributed by atoms with Crippen LogP contribution >= 0.6 is 11.3 Å². The number of hydrogen-bond donors (Lipinski definition) is 1. The Morgan fingerprint density at radius 3 is 2.47 bits per heavy atom. The molecular formula is C15H27N3S. The van der Waals surface area contributed by atoms with Crippen molar-refractivity contribution >= 4 is 11.3 Å². The topological polar surface area (TPSA) is 18.5 Å². The van der Waals surface area contributed by atoms with E-state index < -0.39 is 0 Å². The lowest BCUT2D eigenvalue weighted by Crippen LogP contribution is -2.54. The molecule has 4 heteroatoms. The van der Waals surface area contributed by atoms with Crippen LogP contribution < -0.4 is 5.32 Å². The Morgan fingerprint density at radius 2 is 1.84 bits per heavy atom. The lowest BCUT2D eigenvalue weighted by molar-refractivity contribution is 0.0562. The van der Waals surface area contributed by atoms with Crippen LogP contribution in [0.4, 0.5) is 0 Å². The molecule has 0 bridgehead atoms. The largest absolute Gasteiger partial charge is 0.312 e. The van der Waals surface area contributed by atoms with Crippen molar-refractivity contribution in [3.8, 4) is 0 Å². The van der Waals surface area contributed by atoms with Crippen molar-refractivity contribution in [1.82, 2.24) is 15.1 Å². The molecule has 0 spiro atoms. The number of nitrogens with one attached hydrogen (secondary N) is 1. The minimum Gasteiger partial charge on any atom is -0.312 e. The van der Waals surface area contributed by atoms with E-state index in [4.69, 9.17) is 0 Å². The van der Waals surface area contributed by atoms with Gasteiger partial charge in [-0.15, -0.1) is 11.3 Å². The van der Waals surface area contributed by atoms with Crippen LogP contribution in [0.1, 0.15) is 30.5 Å². The summed E-state index contributed by atoms with van der Waals surface area (Å²) in [6.07, 6.45) is 0. The van der Waals surface area contributed by atoms with Crippen LogP contribution in [0.3, 0.4) is 0 Å². The SMILES string of the molecule is CCNCc1ccc(CN2CC(C)N(C)C(C)C2)s1. The van der Waals surface area contributed by atoms with Crippen LogP contribution in [0.5, 0.6) is 0 Å². The summed E-state index contributed by atoms with van der Waals surface area (Å²) in [7, 11) is 2.24. The molecular weight excluding hydrogens is 254 g/mol. The highest BCUT2D eigenvalue weighted by molar-refractivity contribution is 7.11. The number of piperazine rings is 1. The summed E-state index contributed by atoms with van der Waals surface area (Å²) >= 11 is 1.95. The molecule has 0 radical (unpaired) electrons. The summed E-state index contributed by atoms with van der Waals surface area (Å²) in [5, 5.41) is 3.39. The van der Waals surface area contributed by atoms with Crippen LogP contribution in [0.2, 0.25) is 0 Å². The Kier molecular flexibility index (Phi) is 5.39. The summed E-state index contributed by atoms with van der Waals surface area (Å²) in [5.41, 5.74) is 0. The van der Waals surface area contributed by atoms with Crippen LogP contribution in [0.25, 0.3) is 0 Å². The van der Waals surface area contributed by atoms with E-state index in [1.165, 1.54) is 22.8 Å². The van der Waals surface area contributed by atoms with Gasteiger partial charge in [0, 0.05) is 48.0 Å². The highest BCUT2D eigenvalue weighted by atomic mass is 32.1. The third-order valence-corrected chi connectivity index (χ3v) is 5.15. The summed E-state index contributed by atoms with van der Waals surface area (Å²) in [4.78, 5) is 8.03. The highest BCUT2D eigenvalue weighted by Crippen LogP contribution is 2.21. The summed E-state index contributed by atoms with van der Waals surface area (Å²) in [5.74, 6) is 0. The van der Waals surface area contributed by atoms with Crippen molar-refractivity contribution < 1.29 is 0 Å². The van der Waals surface area contributed by atoms with Gasteiger partial charge in [0.2, 0.25) is 0 Å². The van der Waals surface area contributed by atoms with Crippen molar-refractivity contribution in [3.05, 3.63) is 21.9 Å². The van der Waals surface area contributed by atoms with Gasteiger partial charge in [-0.2, -0.15) is 0 Å². The minimum absolute atomic E-state index is 0.657. The molecule has 1 N–H and O–H groups in total. The molecule has 2 unspecified atom stereocenters. The molecule has 1 aliphatic heterocycles. The fourth-order valence-electron chi connectivity index (χ4n) is 2.71. The second kappa shape index (κ2) is 6.84. The van der Waals surface area contributed by atoms with Crippen LogP contribution in [-0.4, -0.2) is 48.6 Å². The first-order valence-electron chi connectivity index (χ1n) is 7.32. The van der Waals surface area contributed by atoms with E-state index in [1.807, 2.05) is 11.3 Å². The molecule has 0 aromatic carbocycles. The van der Waals surface area contributed by atoms with E-state index in [-0.39, 0.29) is 0 Å². The average molecular weight is 281 g/mol. The summed E-state index contributed by atoms with van der Waals surface area (Å²) in [6, 6.07) is 5.88. The number of thiophene rings is 1. The molecule has 0 saturated carbocycles.